The molecule has 1 aliphatic heterocycles. The predicted octanol–water partition coefficient (Wildman–Crippen LogP) is 4.66. The van der Waals surface area contributed by atoms with Crippen molar-refractivity contribution in [2.75, 3.05) is 25.0 Å². The van der Waals surface area contributed by atoms with Crippen LogP contribution >= 0.6 is 0 Å². The maximum Gasteiger partial charge on any atom is 0.227 e. The number of carbonyl (C=O) groups excluding carboxylic acids is 2. The summed E-state index contributed by atoms with van der Waals surface area (Å²) in [7, 11) is 0. The van der Waals surface area contributed by atoms with E-state index in [9.17, 15) is 19.1 Å². The minimum Gasteiger partial charge on any atom is -0.508 e. The van der Waals surface area contributed by atoms with Crippen molar-refractivity contribution in [2.24, 2.45) is 11.8 Å². The number of fused-ring (bicyclic) bond motifs is 1. The first-order chi connectivity index (χ1) is 16.9. The molecular formula is C28H36FN3O3. The van der Waals surface area contributed by atoms with Crippen molar-refractivity contribution in [3.8, 4) is 5.75 Å². The van der Waals surface area contributed by atoms with Gasteiger partial charge >= 0.3 is 0 Å². The monoisotopic (exact) mass is 481 g/mol. The second-order valence-corrected chi connectivity index (χ2v) is 9.95. The first-order valence-electron chi connectivity index (χ1n) is 12.8. The number of carbonyl (C=O) groups is 2. The summed E-state index contributed by atoms with van der Waals surface area (Å²) >= 11 is 0. The molecule has 188 valence electrons. The molecule has 0 bridgehead atoms. The van der Waals surface area contributed by atoms with E-state index in [1.165, 1.54) is 12.5 Å². The molecule has 2 aliphatic rings. The van der Waals surface area contributed by atoms with Crippen LogP contribution in [0.1, 0.15) is 68.4 Å². The molecule has 4 N–H and O–H groups in total. The molecule has 0 aromatic heterocycles. The lowest BCUT2D eigenvalue weighted by Gasteiger charge is -2.30. The van der Waals surface area contributed by atoms with Crippen molar-refractivity contribution in [3.63, 3.8) is 0 Å². The van der Waals surface area contributed by atoms with Crippen LogP contribution in [-0.2, 0) is 9.59 Å². The Bertz CT molecular complexity index is 1020. The van der Waals surface area contributed by atoms with Crippen molar-refractivity contribution in [2.45, 2.75) is 57.3 Å². The van der Waals surface area contributed by atoms with Crippen molar-refractivity contribution < 1.29 is 19.1 Å². The average Bonchev–Trinajstić information content (AvgIpc) is 3.26. The van der Waals surface area contributed by atoms with Gasteiger partial charge in [-0.15, -0.1) is 0 Å². The molecule has 1 fully saturated rings. The van der Waals surface area contributed by atoms with Gasteiger partial charge in [-0.05, 0) is 73.6 Å². The number of hydrogen-bond acceptors (Lipinski definition) is 4. The standard InChI is InChI=1S/C28H36FN3O3/c1-18(19-7-10-23(33)11-8-19)27(34)32-17-25(20-5-3-2-4-6-20)28(35)30-14-13-21-16-31-26-12-9-22(29)15-24(21)26/h7-12,15,18,20-21,25,31,33H,2-6,13-14,16-17H2,1H3,(H,30,35)(H,32,34). The molecule has 35 heavy (non-hydrogen) atoms. The molecule has 1 saturated carbocycles. The van der Waals surface area contributed by atoms with Gasteiger partial charge in [0.1, 0.15) is 11.6 Å². The zero-order valence-corrected chi connectivity index (χ0v) is 20.4. The van der Waals surface area contributed by atoms with Gasteiger partial charge in [0.15, 0.2) is 0 Å². The van der Waals surface area contributed by atoms with Crippen LogP contribution in [0.15, 0.2) is 42.5 Å². The minimum absolute atomic E-state index is 0.0140. The molecule has 6 nitrogen and oxygen atoms in total. The van der Waals surface area contributed by atoms with Crippen molar-refractivity contribution in [3.05, 3.63) is 59.4 Å². The molecule has 0 spiro atoms. The van der Waals surface area contributed by atoms with E-state index in [1.807, 2.05) is 6.92 Å². The van der Waals surface area contributed by atoms with E-state index in [2.05, 4.69) is 16.0 Å². The van der Waals surface area contributed by atoms with Crippen molar-refractivity contribution in [1.82, 2.24) is 10.6 Å². The molecule has 1 aliphatic carbocycles. The first-order valence-corrected chi connectivity index (χ1v) is 12.8. The van der Waals surface area contributed by atoms with Gasteiger partial charge in [0.2, 0.25) is 11.8 Å². The summed E-state index contributed by atoms with van der Waals surface area (Å²) < 4.78 is 13.7. The lowest BCUT2D eigenvalue weighted by Crippen LogP contribution is -2.44. The number of phenolic OH excluding ortho intramolecular Hbond substituents is 1. The summed E-state index contributed by atoms with van der Waals surface area (Å²) in [5, 5.41) is 18.9. The number of anilines is 1. The molecule has 2 amide bonds. The zero-order valence-electron chi connectivity index (χ0n) is 20.4. The molecule has 4 rings (SSSR count). The van der Waals surface area contributed by atoms with Crippen LogP contribution < -0.4 is 16.0 Å². The quantitative estimate of drug-likeness (QED) is 0.419. The highest BCUT2D eigenvalue weighted by atomic mass is 19.1. The van der Waals surface area contributed by atoms with Gasteiger partial charge in [-0.1, -0.05) is 31.4 Å². The van der Waals surface area contributed by atoms with Gasteiger partial charge < -0.3 is 21.1 Å². The number of halogens is 1. The van der Waals surface area contributed by atoms with E-state index < -0.39 is 0 Å². The number of rotatable bonds is 9. The van der Waals surface area contributed by atoms with Crippen LogP contribution in [0.3, 0.4) is 0 Å². The summed E-state index contributed by atoms with van der Waals surface area (Å²) in [5.74, 6) is -0.428. The fourth-order valence-electron chi connectivity index (χ4n) is 5.42. The summed E-state index contributed by atoms with van der Waals surface area (Å²) in [4.78, 5) is 26.1. The largest absolute Gasteiger partial charge is 0.508 e. The first kappa shape index (κ1) is 25.0. The van der Waals surface area contributed by atoms with Crippen LogP contribution in [0.5, 0.6) is 5.75 Å². The van der Waals surface area contributed by atoms with E-state index in [1.54, 1.807) is 36.4 Å². The predicted molar refractivity (Wildman–Crippen MR) is 135 cm³/mol. The van der Waals surface area contributed by atoms with E-state index >= 15 is 0 Å². The van der Waals surface area contributed by atoms with Gasteiger partial charge in [0.25, 0.3) is 0 Å². The number of hydrogen-bond donors (Lipinski definition) is 4. The normalized spacial score (nSPS) is 19.3. The fraction of sp³-hybridized carbons (Fsp3) is 0.500. The Morgan fingerprint density at radius 2 is 1.80 bits per heavy atom. The van der Waals surface area contributed by atoms with Gasteiger partial charge in [-0.3, -0.25) is 9.59 Å². The third-order valence-corrected chi connectivity index (χ3v) is 7.62. The SMILES string of the molecule is CC(C(=O)NCC(C(=O)NCCC1CNc2ccc(F)cc21)C1CCCCC1)c1ccc(O)cc1. The maximum absolute atomic E-state index is 13.7. The number of phenols is 1. The van der Waals surface area contributed by atoms with Gasteiger partial charge in [0.05, 0.1) is 11.8 Å². The Morgan fingerprint density at radius 1 is 1.06 bits per heavy atom. The zero-order chi connectivity index (χ0) is 24.8. The Balaban J connectivity index is 1.33. The molecule has 3 unspecified atom stereocenters. The maximum atomic E-state index is 13.7. The number of nitrogens with one attached hydrogen (secondary N) is 3. The van der Waals surface area contributed by atoms with Crippen LogP contribution in [0.25, 0.3) is 0 Å². The van der Waals surface area contributed by atoms with Gasteiger partial charge in [0, 0.05) is 31.2 Å². The molecule has 7 heteroatoms. The van der Waals surface area contributed by atoms with Crippen molar-refractivity contribution >= 4 is 17.5 Å². The van der Waals surface area contributed by atoms with Crippen molar-refractivity contribution in [1.29, 1.82) is 0 Å². The summed E-state index contributed by atoms with van der Waals surface area (Å²) in [5.41, 5.74) is 2.76. The molecule has 3 atom stereocenters. The van der Waals surface area contributed by atoms with Crippen LogP contribution in [0.2, 0.25) is 0 Å². The molecule has 0 radical (unpaired) electrons. The highest BCUT2D eigenvalue weighted by Crippen LogP contribution is 2.34. The second-order valence-electron chi connectivity index (χ2n) is 9.95. The van der Waals surface area contributed by atoms with Crippen LogP contribution in [-0.4, -0.2) is 36.6 Å². The smallest absolute Gasteiger partial charge is 0.227 e. The lowest BCUT2D eigenvalue weighted by molar-refractivity contribution is -0.128. The average molecular weight is 482 g/mol. The Morgan fingerprint density at radius 3 is 2.54 bits per heavy atom. The number of aromatic hydroxyl groups is 1. The number of benzene rings is 2. The van der Waals surface area contributed by atoms with Crippen LogP contribution in [0, 0.1) is 17.7 Å². The van der Waals surface area contributed by atoms with E-state index in [4.69, 9.17) is 0 Å². The molecule has 2 aromatic rings. The number of amides is 2. The second kappa shape index (κ2) is 11.6. The van der Waals surface area contributed by atoms with E-state index in [0.29, 0.717) is 13.1 Å². The van der Waals surface area contributed by atoms with Crippen LogP contribution in [0.4, 0.5) is 10.1 Å². The van der Waals surface area contributed by atoms with Gasteiger partial charge in [-0.2, -0.15) is 0 Å². The van der Waals surface area contributed by atoms with E-state index in [0.717, 1.165) is 55.5 Å². The Kier molecular flexibility index (Phi) is 8.26. The Labute approximate surface area is 206 Å². The summed E-state index contributed by atoms with van der Waals surface area (Å²) in [6.07, 6.45) is 6.16. The molecule has 1 heterocycles. The third kappa shape index (κ3) is 6.32. The molecule has 2 aromatic carbocycles. The third-order valence-electron chi connectivity index (χ3n) is 7.62. The van der Waals surface area contributed by atoms with E-state index in [-0.39, 0.29) is 47.1 Å². The summed E-state index contributed by atoms with van der Waals surface area (Å²) in [6.45, 7) is 3.40. The Hall–Kier alpha value is -3.09. The minimum atomic E-state index is -0.374. The highest BCUT2D eigenvalue weighted by Gasteiger charge is 2.31. The molecule has 0 saturated heterocycles. The van der Waals surface area contributed by atoms with Gasteiger partial charge in [-0.25, -0.2) is 4.39 Å². The fourth-order valence-corrected chi connectivity index (χ4v) is 5.42. The summed E-state index contributed by atoms with van der Waals surface area (Å²) in [6, 6.07) is 11.4. The lowest BCUT2D eigenvalue weighted by atomic mass is 9.79. The topological polar surface area (TPSA) is 90.5 Å². The molecular weight excluding hydrogens is 445 g/mol. The highest BCUT2D eigenvalue weighted by molar-refractivity contribution is 5.84.